The maximum absolute atomic E-state index is 6.33. The molecule has 21 heavy (non-hydrogen) atoms. The van der Waals surface area contributed by atoms with Crippen LogP contribution in [0.2, 0.25) is 5.15 Å². The zero-order valence-electron chi connectivity index (χ0n) is 11.7. The van der Waals surface area contributed by atoms with Crippen LogP contribution in [0.4, 0.5) is 0 Å². The molecule has 2 aromatic carbocycles. The molecule has 1 heterocycles. The van der Waals surface area contributed by atoms with E-state index < -0.39 is 0 Å². The monoisotopic (exact) mass is 298 g/mol. The van der Waals surface area contributed by atoms with Crippen LogP contribution >= 0.6 is 11.6 Å². The van der Waals surface area contributed by atoms with Crippen LogP contribution in [0.5, 0.6) is 11.5 Å². The molecule has 0 bridgehead atoms. The summed E-state index contributed by atoms with van der Waals surface area (Å²) < 4.78 is 7.46. The van der Waals surface area contributed by atoms with E-state index in [1.165, 1.54) is 5.56 Å². The van der Waals surface area contributed by atoms with E-state index in [1.807, 2.05) is 30.3 Å². The van der Waals surface area contributed by atoms with Gasteiger partial charge in [-0.1, -0.05) is 59.6 Å². The molecule has 0 radical (unpaired) electrons. The summed E-state index contributed by atoms with van der Waals surface area (Å²) in [6.45, 7) is 2.69. The van der Waals surface area contributed by atoms with Gasteiger partial charge in [0.15, 0.2) is 10.9 Å². The fourth-order valence-electron chi connectivity index (χ4n) is 2.01. The van der Waals surface area contributed by atoms with Gasteiger partial charge in [0.2, 0.25) is 0 Å². The molecule has 0 atom stereocenters. The smallest absolute Gasteiger partial charge is 0.184 e. The first-order chi connectivity index (χ1) is 10.2. The van der Waals surface area contributed by atoms with Crippen LogP contribution in [0.15, 0.2) is 60.8 Å². The molecule has 0 unspecified atom stereocenters. The van der Waals surface area contributed by atoms with Crippen molar-refractivity contribution in [2.75, 3.05) is 0 Å². The Balaban J connectivity index is 1.77. The van der Waals surface area contributed by atoms with E-state index in [4.69, 9.17) is 16.3 Å². The highest BCUT2D eigenvalue weighted by Crippen LogP contribution is 2.29. The third-order valence-corrected chi connectivity index (χ3v) is 3.55. The van der Waals surface area contributed by atoms with Crippen LogP contribution in [-0.4, -0.2) is 9.78 Å². The molecule has 3 aromatic rings. The number of nitrogens with zero attached hydrogens (tertiary/aromatic N) is 2. The number of benzene rings is 2. The van der Waals surface area contributed by atoms with Gasteiger partial charge in [-0.2, -0.15) is 5.10 Å². The zero-order valence-corrected chi connectivity index (χ0v) is 12.4. The van der Waals surface area contributed by atoms with Gasteiger partial charge in [-0.3, -0.25) is 0 Å². The van der Waals surface area contributed by atoms with Crippen LogP contribution < -0.4 is 4.74 Å². The Morgan fingerprint density at radius 2 is 1.76 bits per heavy atom. The average Bonchev–Trinajstić information content (AvgIpc) is 2.84. The van der Waals surface area contributed by atoms with Crippen molar-refractivity contribution in [3.63, 3.8) is 0 Å². The van der Waals surface area contributed by atoms with Crippen molar-refractivity contribution < 1.29 is 4.74 Å². The highest BCUT2D eigenvalue weighted by molar-refractivity contribution is 6.31. The van der Waals surface area contributed by atoms with Gasteiger partial charge in [0.1, 0.15) is 5.75 Å². The first kappa shape index (κ1) is 13.7. The van der Waals surface area contributed by atoms with E-state index in [9.17, 15) is 0 Å². The Labute approximate surface area is 128 Å². The molecule has 0 spiro atoms. The molecule has 3 nitrogen and oxygen atoms in total. The number of hydrogen-bond donors (Lipinski definition) is 0. The minimum atomic E-state index is 0.499. The molecule has 106 valence electrons. The molecule has 0 saturated carbocycles. The molecular formula is C17H15ClN2O. The minimum absolute atomic E-state index is 0.499. The van der Waals surface area contributed by atoms with Crippen LogP contribution in [0.3, 0.4) is 0 Å². The molecule has 4 heteroatoms. The molecule has 0 aliphatic carbocycles. The number of aryl methyl sites for hydroxylation is 1. The van der Waals surface area contributed by atoms with Crippen molar-refractivity contribution in [1.82, 2.24) is 9.78 Å². The van der Waals surface area contributed by atoms with E-state index in [-0.39, 0.29) is 0 Å². The SMILES string of the molecule is Cc1ccc(Cn2ncc(Oc3ccccc3)c2Cl)cc1. The second kappa shape index (κ2) is 6.02. The van der Waals surface area contributed by atoms with Crippen molar-refractivity contribution >= 4 is 11.6 Å². The van der Waals surface area contributed by atoms with Crippen molar-refractivity contribution in [3.8, 4) is 11.5 Å². The summed E-state index contributed by atoms with van der Waals surface area (Å²) >= 11 is 6.33. The largest absolute Gasteiger partial charge is 0.452 e. The third kappa shape index (κ3) is 3.26. The van der Waals surface area contributed by atoms with Gasteiger partial charge in [-0.05, 0) is 24.6 Å². The van der Waals surface area contributed by atoms with E-state index in [0.29, 0.717) is 17.4 Å². The summed E-state index contributed by atoms with van der Waals surface area (Å²) in [5.41, 5.74) is 2.38. The van der Waals surface area contributed by atoms with Crippen molar-refractivity contribution in [2.24, 2.45) is 0 Å². The average molecular weight is 299 g/mol. The lowest BCUT2D eigenvalue weighted by Gasteiger charge is -2.06. The maximum Gasteiger partial charge on any atom is 0.184 e. The predicted octanol–water partition coefficient (Wildman–Crippen LogP) is 4.69. The number of aromatic nitrogens is 2. The van der Waals surface area contributed by atoms with E-state index in [2.05, 4.69) is 36.3 Å². The molecular weight excluding hydrogens is 284 g/mol. The van der Waals surface area contributed by atoms with Crippen molar-refractivity contribution in [1.29, 1.82) is 0 Å². The standard InChI is InChI=1S/C17H15ClN2O/c1-13-7-9-14(10-8-13)12-20-17(18)16(11-19-20)21-15-5-3-2-4-6-15/h2-11H,12H2,1H3. The van der Waals surface area contributed by atoms with Gasteiger partial charge in [0.05, 0.1) is 12.7 Å². The van der Waals surface area contributed by atoms with Gasteiger partial charge >= 0.3 is 0 Å². The first-order valence-electron chi connectivity index (χ1n) is 6.72. The summed E-state index contributed by atoms with van der Waals surface area (Å²) in [5, 5.41) is 4.79. The first-order valence-corrected chi connectivity index (χ1v) is 7.10. The van der Waals surface area contributed by atoms with Gasteiger partial charge < -0.3 is 4.74 Å². The number of hydrogen-bond acceptors (Lipinski definition) is 2. The fraction of sp³-hybridized carbons (Fsp3) is 0.118. The van der Waals surface area contributed by atoms with Crippen LogP contribution in [0, 0.1) is 6.92 Å². The minimum Gasteiger partial charge on any atom is -0.452 e. The normalized spacial score (nSPS) is 10.6. The lowest BCUT2D eigenvalue weighted by Crippen LogP contribution is -2.01. The van der Waals surface area contributed by atoms with Crippen LogP contribution in [-0.2, 0) is 6.54 Å². The molecule has 1 aromatic heterocycles. The molecule has 3 rings (SSSR count). The van der Waals surface area contributed by atoms with Crippen molar-refractivity contribution in [2.45, 2.75) is 13.5 Å². The second-order valence-corrected chi connectivity index (χ2v) is 5.22. The summed E-state index contributed by atoms with van der Waals surface area (Å²) in [5.74, 6) is 1.31. The Morgan fingerprint density at radius 3 is 2.48 bits per heavy atom. The molecule has 0 aliphatic rings. The Hall–Kier alpha value is -2.26. The van der Waals surface area contributed by atoms with E-state index in [1.54, 1.807) is 10.9 Å². The summed E-state index contributed by atoms with van der Waals surface area (Å²) in [7, 11) is 0. The number of halogens is 1. The highest BCUT2D eigenvalue weighted by Gasteiger charge is 2.11. The van der Waals surface area contributed by atoms with Gasteiger partial charge in [0.25, 0.3) is 0 Å². The topological polar surface area (TPSA) is 27.1 Å². The maximum atomic E-state index is 6.33. The number of ether oxygens (including phenoxy) is 1. The van der Waals surface area contributed by atoms with Gasteiger partial charge in [-0.25, -0.2) is 4.68 Å². The van der Waals surface area contributed by atoms with Gasteiger partial charge in [-0.15, -0.1) is 0 Å². The second-order valence-electron chi connectivity index (χ2n) is 4.86. The molecule has 0 N–H and O–H groups in total. The van der Waals surface area contributed by atoms with Crippen LogP contribution in [0.25, 0.3) is 0 Å². The van der Waals surface area contributed by atoms with E-state index >= 15 is 0 Å². The Bertz CT molecular complexity index is 720. The molecule has 0 amide bonds. The number of para-hydroxylation sites is 1. The number of rotatable bonds is 4. The lowest BCUT2D eigenvalue weighted by molar-refractivity contribution is 0.482. The zero-order chi connectivity index (χ0) is 14.7. The molecule has 0 aliphatic heterocycles. The van der Waals surface area contributed by atoms with Gasteiger partial charge in [0, 0.05) is 0 Å². The van der Waals surface area contributed by atoms with E-state index in [0.717, 1.165) is 11.3 Å². The lowest BCUT2D eigenvalue weighted by atomic mass is 10.1. The highest BCUT2D eigenvalue weighted by atomic mass is 35.5. The third-order valence-electron chi connectivity index (χ3n) is 3.17. The van der Waals surface area contributed by atoms with Crippen LogP contribution in [0.1, 0.15) is 11.1 Å². The molecule has 0 saturated heterocycles. The summed E-state index contributed by atoms with van der Waals surface area (Å²) in [4.78, 5) is 0. The fourth-order valence-corrected chi connectivity index (χ4v) is 2.20. The predicted molar refractivity (Wildman–Crippen MR) is 84.0 cm³/mol. The summed E-state index contributed by atoms with van der Waals surface area (Å²) in [6.07, 6.45) is 1.64. The summed E-state index contributed by atoms with van der Waals surface area (Å²) in [6, 6.07) is 17.8. The molecule has 0 fully saturated rings. The Morgan fingerprint density at radius 1 is 1.05 bits per heavy atom. The quantitative estimate of drug-likeness (QED) is 0.699. The van der Waals surface area contributed by atoms with Crippen molar-refractivity contribution in [3.05, 3.63) is 77.1 Å². The Kier molecular flexibility index (Phi) is 3.93.